The van der Waals surface area contributed by atoms with Gasteiger partial charge in [-0.1, -0.05) is 11.8 Å². The summed E-state index contributed by atoms with van der Waals surface area (Å²) >= 11 is 3.21. The number of carbonyl (C=O) groups is 1. The van der Waals surface area contributed by atoms with Crippen molar-refractivity contribution in [3.63, 3.8) is 0 Å². The van der Waals surface area contributed by atoms with Crippen LogP contribution in [0.25, 0.3) is 10.2 Å². The molecule has 146 valence electrons. The van der Waals surface area contributed by atoms with Gasteiger partial charge in [0.25, 0.3) is 0 Å². The third kappa shape index (κ3) is 3.86. The average Bonchev–Trinajstić information content (AvgIpc) is 3.17. The Bertz CT molecular complexity index is 1000. The normalized spacial score (nSPS) is 21.3. The van der Waals surface area contributed by atoms with Crippen LogP contribution < -0.4 is 0 Å². The molecule has 3 heterocycles. The fourth-order valence-electron chi connectivity index (χ4n) is 3.85. The number of amides is 1. The molecule has 0 aromatic carbocycles. The SMILES string of the molecule is Cc1nc(SCC(=O)N(C)C2CCS(=O)(=O)C2)c2c3c(sc2n1)CCCC3. The summed E-state index contributed by atoms with van der Waals surface area (Å²) in [6.07, 6.45) is 5.11. The highest BCUT2D eigenvalue weighted by Crippen LogP contribution is 2.39. The number of sulfone groups is 1. The molecular weight excluding hydrogens is 402 g/mol. The van der Waals surface area contributed by atoms with Gasteiger partial charge < -0.3 is 4.90 Å². The highest BCUT2D eigenvalue weighted by molar-refractivity contribution is 8.00. The Hall–Kier alpha value is -1.19. The lowest BCUT2D eigenvalue weighted by Gasteiger charge is -2.23. The minimum Gasteiger partial charge on any atom is -0.341 e. The summed E-state index contributed by atoms with van der Waals surface area (Å²) in [4.78, 5) is 25.9. The number of hydrogen-bond donors (Lipinski definition) is 0. The number of aryl methyl sites for hydroxylation is 3. The van der Waals surface area contributed by atoms with E-state index in [9.17, 15) is 13.2 Å². The van der Waals surface area contributed by atoms with Gasteiger partial charge in [-0.3, -0.25) is 4.79 Å². The van der Waals surface area contributed by atoms with Gasteiger partial charge in [0.05, 0.1) is 17.3 Å². The van der Waals surface area contributed by atoms with Crippen molar-refractivity contribution in [2.24, 2.45) is 0 Å². The van der Waals surface area contributed by atoms with Crippen molar-refractivity contribution >= 4 is 49.1 Å². The Labute approximate surface area is 167 Å². The second-order valence-corrected chi connectivity index (χ2v) is 11.6. The molecule has 9 heteroatoms. The van der Waals surface area contributed by atoms with Crippen LogP contribution in [-0.2, 0) is 27.5 Å². The maximum Gasteiger partial charge on any atom is 0.233 e. The first-order valence-corrected chi connectivity index (χ1v) is 12.8. The van der Waals surface area contributed by atoms with E-state index in [2.05, 4.69) is 9.97 Å². The van der Waals surface area contributed by atoms with E-state index >= 15 is 0 Å². The molecule has 1 unspecified atom stereocenters. The molecule has 0 spiro atoms. The van der Waals surface area contributed by atoms with E-state index in [1.807, 2.05) is 6.92 Å². The number of thiophene rings is 1. The van der Waals surface area contributed by atoms with Gasteiger partial charge in [0, 0.05) is 23.4 Å². The zero-order chi connectivity index (χ0) is 19.2. The van der Waals surface area contributed by atoms with Gasteiger partial charge in [-0.25, -0.2) is 18.4 Å². The molecule has 6 nitrogen and oxygen atoms in total. The molecule has 2 aromatic heterocycles. The number of fused-ring (bicyclic) bond motifs is 3. The molecular formula is C18H23N3O3S3. The Kier molecular flexibility index (Phi) is 5.20. The lowest BCUT2D eigenvalue weighted by molar-refractivity contribution is -0.128. The standard InChI is InChI=1S/C18H23N3O3S3/c1-11-19-17(16-13-5-3-4-6-14(13)26-18(16)20-11)25-9-15(22)21(2)12-7-8-27(23,24)10-12/h12H,3-10H2,1-2H3. The van der Waals surface area contributed by atoms with Gasteiger partial charge in [0.1, 0.15) is 15.7 Å². The van der Waals surface area contributed by atoms with Crippen LogP contribution in [0, 0.1) is 6.92 Å². The van der Waals surface area contributed by atoms with E-state index in [-0.39, 0.29) is 29.2 Å². The van der Waals surface area contributed by atoms with E-state index in [1.54, 1.807) is 23.3 Å². The van der Waals surface area contributed by atoms with Crippen LogP contribution in [0.3, 0.4) is 0 Å². The van der Waals surface area contributed by atoms with Crippen molar-refractivity contribution < 1.29 is 13.2 Å². The lowest BCUT2D eigenvalue weighted by atomic mass is 9.97. The highest BCUT2D eigenvalue weighted by Gasteiger charge is 2.32. The van der Waals surface area contributed by atoms with Crippen molar-refractivity contribution in [1.29, 1.82) is 0 Å². The number of nitrogens with zero attached hydrogens (tertiary/aromatic N) is 3. The molecule has 0 saturated carbocycles. The van der Waals surface area contributed by atoms with Crippen LogP contribution in [0.1, 0.15) is 35.5 Å². The fraction of sp³-hybridized carbons (Fsp3) is 0.611. The number of rotatable bonds is 4. The summed E-state index contributed by atoms with van der Waals surface area (Å²) in [6, 6.07) is -0.204. The van der Waals surface area contributed by atoms with Crippen LogP contribution in [0.5, 0.6) is 0 Å². The summed E-state index contributed by atoms with van der Waals surface area (Å²) in [7, 11) is -1.29. The minimum absolute atomic E-state index is 0.0457. The summed E-state index contributed by atoms with van der Waals surface area (Å²) in [5.41, 5.74) is 1.37. The predicted molar refractivity (Wildman–Crippen MR) is 109 cm³/mol. The molecule has 1 aliphatic carbocycles. The van der Waals surface area contributed by atoms with E-state index in [1.165, 1.54) is 35.0 Å². The van der Waals surface area contributed by atoms with Gasteiger partial charge in [-0.2, -0.15) is 0 Å². The van der Waals surface area contributed by atoms with E-state index < -0.39 is 9.84 Å². The van der Waals surface area contributed by atoms with E-state index in [0.29, 0.717) is 6.42 Å². The quantitative estimate of drug-likeness (QED) is 0.553. The molecule has 4 rings (SSSR count). The van der Waals surface area contributed by atoms with Gasteiger partial charge in [-0.15, -0.1) is 11.3 Å². The minimum atomic E-state index is -3.00. The van der Waals surface area contributed by atoms with Crippen LogP contribution in [0.4, 0.5) is 0 Å². The van der Waals surface area contributed by atoms with Crippen LogP contribution >= 0.6 is 23.1 Å². The monoisotopic (exact) mass is 425 g/mol. The zero-order valence-electron chi connectivity index (χ0n) is 15.5. The molecule has 0 bridgehead atoms. The summed E-state index contributed by atoms with van der Waals surface area (Å²) in [5.74, 6) is 1.20. The maximum atomic E-state index is 12.6. The summed E-state index contributed by atoms with van der Waals surface area (Å²) in [5, 5.41) is 2.02. The van der Waals surface area contributed by atoms with E-state index in [0.717, 1.165) is 33.9 Å². The molecule has 2 aliphatic rings. The number of carbonyl (C=O) groups excluding carboxylic acids is 1. The van der Waals surface area contributed by atoms with Crippen LogP contribution in [-0.4, -0.2) is 59.5 Å². The first-order valence-electron chi connectivity index (χ1n) is 9.22. The fourth-order valence-corrected chi connectivity index (χ4v) is 8.02. The van der Waals surface area contributed by atoms with Gasteiger partial charge in [-0.05, 0) is 44.6 Å². The van der Waals surface area contributed by atoms with Crippen molar-refractivity contribution in [3.05, 3.63) is 16.3 Å². The van der Waals surface area contributed by atoms with Crippen molar-refractivity contribution in [1.82, 2.24) is 14.9 Å². The lowest BCUT2D eigenvalue weighted by Crippen LogP contribution is -2.38. The Morgan fingerprint density at radius 2 is 2.07 bits per heavy atom. The number of aromatic nitrogens is 2. The second-order valence-electron chi connectivity index (χ2n) is 7.32. The Balaban J connectivity index is 1.53. The third-order valence-corrected chi connectivity index (χ3v) is 9.27. The molecule has 1 atom stereocenters. The highest BCUT2D eigenvalue weighted by atomic mass is 32.2. The van der Waals surface area contributed by atoms with Gasteiger partial charge >= 0.3 is 0 Å². The van der Waals surface area contributed by atoms with Gasteiger partial charge in [0.15, 0.2) is 9.84 Å². The second kappa shape index (κ2) is 7.33. The first kappa shape index (κ1) is 19.1. The molecule has 1 amide bonds. The smallest absolute Gasteiger partial charge is 0.233 e. The molecule has 1 aliphatic heterocycles. The molecule has 1 saturated heterocycles. The number of hydrogen-bond acceptors (Lipinski definition) is 7. The molecule has 27 heavy (non-hydrogen) atoms. The van der Waals surface area contributed by atoms with Crippen LogP contribution in [0.2, 0.25) is 0 Å². The topological polar surface area (TPSA) is 80.2 Å². The van der Waals surface area contributed by atoms with Crippen molar-refractivity contribution in [2.45, 2.75) is 50.1 Å². The summed E-state index contributed by atoms with van der Waals surface area (Å²) in [6.45, 7) is 1.89. The largest absolute Gasteiger partial charge is 0.341 e. The molecule has 0 N–H and O–H groups in total. The predicted octanol–water partition coefficient (Wildman–Crippen LogP) is 2.62. The van der Waals surface area contributed by atoms with Crippen molar-refractivity contribution in [2.75, 3.05) is 24.3 Å². The number of thioether (sulfide) groups is 1. The molecule has 2 aromatic rings. The summed E-state index contributed by atoms with van der Waals surface area (Å²) < 4.78 is 23.4. The van der Waals surface area contributed by atoms with Crippen LogP contribution in [0.15, 0.2) is 5.03 Å². The Morgan fingerprint density at radius 1 is 1.30 bits per heavy atom. The molecule has 0 radical (unpaired) electrons. The van der Waals surface area contributed by atoms with E-state index in [4.69, 9.17) is 0 Å². The van der Waals surface area contributed by atoms with Gasteiger partial charge in [0.2, 0.25) is 5.91 Å². The maximum absolute atomic E-state index is 12.6. The molecule has 1 fully saturated rings. The third-order valence-electron chi connectivity index (χ3n) is 5.38. The van der Waals surface area contributed by atoms with Crippen molar-refractivity contribution in [3.8, 4) is 0 Å². The zero-order valence-corrected chi connectivity index (χ0v) is 18.0. The first-order chi connectivity index (χ1) is 12.8. The Morgan fingerprint density at radius 3 is 2.81 bits per heavy atom. The average molecular weight is 426 g/mol.